The molecule has 9 fully saturated rings. The molecule has 0 nitrogen and oxygen atoms in total. The molecule has 9 aliphatic carbocycles. The van der Waals surface area contributed by atoms with E-state index in [2.05, 4.69) is 13.8 Å². The van der Waals surface area contributed by atoms with Gasteiger partial charge >= 0.3 is 0 Å². The van der Waals surface area contributed by atoms with Crippen molar-refractivity contribution in [1.29, 1.82) is 0 Å². The lowest BCUT2D eigenvalue weighted by Gasteiger charge is -2.56. The third-order valence-corrected chi connectivity index (χ3v) is 19.1. The molecule has 16 unspecified atom stereocenters. The van der Waals surface area contributed by atoms with E-state index in [1.807, 2.05) is 0 Å². The number of fused-ring (bicyclic) bond motifs is 7. The molecule has 0 heteroatoms. The fourth-order valence-corrected chi connectivity index (χ4v) is 17.3. The summed E-state index contributed by atoms with van der Waals surface area (Å²) in [6, 6.07) is 0. The van der Waals surface area contributed by atoms with Gasteiger partial charge in [-0.1, -0.05) is 71.6 Å². The summed E-state index contributed by atoms with van der Waals surface area (Å²) in [6.45, 7) is 5.48. The lowest BCUT2D eigenvalue weighted by Crippen LogP contribution is -2.48. The lowest BCUT2D eigenvalue weighted by atomic mass is 9.49. The summed E-state index contributed by atoms with van der Waals surface area (Å²) in [7, 11) is 0. The Morgan fingerprint density at radius 2 is 0.711 bits per heavy atom. The zero-order valence-electron chi connectivity index (χ0n) is 30.1. The van der Waals surface area contributed by atoms with E-state index in [9.17, 15) is 0 Å². The average Bonchev–Trinajstić information content (AvgIpc) is 3.33. The Labute approximate surface area is 280 Å². The van der Waals surface area contributed by atoms with Gasteiger partial charge in [-0.2, -0.15) is 0 Å². The van der Waals surface area contributed by atoms with Crippen molar-refractivity contribution in [2.24, 2.45) is 100 Å². The molecule has 0 radical (unpaired) electrons. The summed E-state index contributed by atoms with van der Waals surface area (Å²) >= 11 is 0. The van der Waals surface area contributed by atoms with Gasteiger partial charge in [0.2, 0.25) is 0 Å². The first-order valence-electron chi connectivity index (χ1n) is 22.1. The summed E-state index contributed by atoms with van der Waals surface area (Å²) in [5.41, 5.74) is 0.631. The van der Waals surface area contributed by atoms with Gasteiger partial charge in [-0.25, -0.2) is 0 Å². The van der Waals surface area contributed by atoms with Gasteiger partial charge in [0.15, 0.2) is 0 Å². The van der Waals surface area contributed by atoms with E-state index < -0.39 is 0 Å². The van der Waals surface area contributed by atoms with Gasteiger partial charge in [0.1, 0.15) is 0 Å². The molecule has 0 aromatic heterocycles. The van der Waals surface area contributed by atoms with Gasteiger partial charge in [-0.3, -0.25) is 0 Å². The SMILES string of the molecule is CC1(C)C2CCCCC2C2CCC(C3CCC4CCC(C5CCCCC5C5CC6CCCCC6C6CCCCC65)CC4C3)CC21. The van der Waals surface area contributed by atoms with Crippen LogP contribution in [0, 0.1) is 100 Å². The van der Waals surface area contributed by atoms with Crippen LogP contribution in [-0.4, -0.2) is 0 Å². The van der Waals surface area contributed by atoms with Crippen molar-refractivity contribution in [3.63, 3.8) is 0 Å². The topological polar surface area (TPSA) is 0 Å². The standard InChI is InChI=1S/C45H74/c1-45(2)43-18-10-9-17-40(43)41-24-23-31(28-44(41)45)30-21-19-29-20-22-33(26-34(29)25-30)36-13-5-6-15-38(36)42-27-32-11-3-4-12-35(32)37-14-7-8-16-39(37)42/h29-44H,3-28H2,1-2H3. The molecule has 9 rings (SSSR count). The van der Waals surface area contributed by atoms with Crippen LogP contribution in [0.25, 0.3) is 0 Å². The lowest BCUT2D eigenvalue weighted by molar-refractivity contribution is -0.0686. The Morgan fingerprint density at radius 3 is 1.44 bits per heavy atom. The molecule has 0 aromatic rings. The smallest absolute Gasteiger partial charge is 0.0292 e. The fourth-order valence-electron chi connectivity index (χ4n) is 17.3. The van der Waals surface area contributed by atoms with Crippen molar-refractivity contribution in [2.75, 3.05) is 0 Å². The van der Waals surface area contributed by atoms with Crippen molar-refractivity contribution < 1.29 is 0 Å². The second-order valence-electron chi connectivity index (χ2n) is 20.7. The van der Waals surface area contributed by atoms with Crippen molar-refractivity contribution in [3.8, 4) is 0 Å². The second-order valence-corrected chi connectivity index (χ2v) is 20.7. The minimum atomic E-state index is 0.631. The van der Waals surface area contributed by atoms with Crippen LogP contribution >= 0.6 is 0 Å². The predicted molar refractivity (Wildman–Crippen MR) is 190 cm³/mol. The van der Waals surface area contributed by atoms with E-state index in [0.29, 0.717) is 5.41 Å². The highest BCUT2D eigenvalue weighted by atomic mass is 14.6. The van der Waals surface area contributed by atoms with Crippen LogP contribution in [0.4, 0.5) is 0 Å². The van der Waals surface area contributed by atoms with Crippen LogP contribution in [0.1, 0.15) is 181 Å². The molecule has 16 atom stereocenters. The Bertz CT molecular complexity index is 1010. The molecule has 0 amide bonds. The average molecular weight is 615 g/mol. The van der Waals surface area contributed by atoms with E-state index in [1.54, 1.807) is 161 Å². The van der Waals surface area contributed by atoms with E-state index in [-0.39, 0.29) is 0 Å². The molecular weight excluding hydrogens is 540 g/mol. The summed E-state index contributed by atoms with van der Waals surface area (Å²) < 4.78 is 0. The van der Waals surface area contributed by atoms with E-state index in [0.717, 1.165) is 94.7 Å². The number of hydrogen-bond donors (Lipinski definition) is 0. The van der Waals surface area contributed by atoms with Crippen LogP contribution < -0.4 is 0 Å². The molecule has 0 heterocycles. The third-order valence-electron chi connectivity index (χ3n) is 19.1. The van der Waals surface area contributed by atoms with Crippen LogP contribution in [0.15, 0.2) is 0 Å². The van der Waals surface area contributed by atoms with Gasteiger partial charge in [-0.05, 0) is 209 Å². The number of rotatable bonds is 3. The molecule has 0 bridgehead atoms. The van der Waals surface area contributed by atoms with Crippen molar-refractivity contribution in [2.45, 2.75) is 181 Å². The summed E-state index contributed by atoms with van der Waals surface area (Å²) in [5.74, 6) is 17.8. The molecule has 0 N–H and O–H groups in total. The van der Waals surface area contributed by atoms with E-state index >= 15 is 0 Å². The van der Waals surface area contributed by atoms with Gasteiger partial charge < -0.3 is 0 Å². The number of hydrogen-bond acceptors (Lipinski definition) is 0. The Balaban J connectivity index is 0.880. The fraction of sp³-hybridized carbons (Fsp3) is 1.00. The highest BCUT2D eigenvalue weighted by Gasteiger charge is 2.57. The van der Waals surface area contributed by atoms with Crippen LogP contribution in [0.5, 0.6) is 0 Å². The van der Waals surface area contributed by atoms with Crippen molar-refractivity contribution >= 4 is 0 Å². The van der Waals surface area contributed by atoms with Crippen LogP contribution in [0.3, 0.4) is 0 Å². The maximum atomic E-state index is 2.74. The first kappa shape index (κ1) is 31.0. The molecule has 9 saturated carbocycles. The highest BCUT2D eigenvalue weighted by molar-refractivity contribution is 5.06. The molecule has 0 spiro atoms. The summed E-state index contributed by atoms with van der Waals surface area (Å²) in [4.78, 5) is 0. The van der Waals surface area contributed by atoms with Crippen molar-refractivity contribution in [3.05, 3.63) is 0 Å². The van der Waals surface area contributed by atoms with Crippen molar-refractivity contribution in [1.82, 2.24) is 0 Å². The second kappa shape index (κ2) is 12.7. The molecule has 0 saturated heterocycles. The largest absolute Gasteiger partial charge is 0.0594 e. The normalized spacial score (nSPS) is 54.5. The summed E-state index contributed by atoms with van der Waals surface area (Å²) in [5, 5.41) is 0. The zero-order valence-corrected chi connectivity index (χ0v) is 30.1. The molecule has 45 heavy (non-hydrogen) atoms. The van der Waals surface area contributed by atoms with Gasteiger partial charge in [0, 0.05) is 0 Å². The van der Waals surface area contributed by atoms with E-state index in [1.165, 1.54) is 6.42 Å². The monoisotopic (exact) mass is 615 g/mol. The Hall–Kier alpha value is 0. The van der Waals surface area contributed by atoms with Gasteiger partial charge in [0.25, 0.3) is 0 Å². The summed E-state index contributed by atoms with van der Waals surface area (Å²) in [6.07, 6.45) is 41.7. The zero-order chi connectivity index (χ0) is 30.1. The Morgan fingerprint density at radius 1 is 0.267 bits per heavy atom. The van der Waals surface area contributed by atoms with E-state index in [4.69, 9.17) is 0 Å². The Kier molecular flexibility index (Phi) is 8.76. The first-order chi connectivity index (χ1) is 22.1. The quantitative estimate of drug-likeness (QED) is 0.297. The minimum Gasteiger partial charge on any atom is -0.0594 e. The maximum absolute atomic E-state index is 2.74. The first-order valence-corrected chi connectivity index (χ1v) is 22.1. The maximum Gasteiger partial charge on any atom is -0.0292 e. The van der Waals surface area contributed by atoms with Gasteiger partial charge in [0.05, 0.1) is 0 Å². The van der Waals surface area contributed by atoms with Crippen LogP contribution in [-0.2, 0) is 0 Å². The molecule has 0 aliphatic heterocycles. The minimum absolute atomic E-state index is 0.631. The van der Waals surface area contributed by atoms with Crippen LogP contribution in [0.2, 0.25) is 0 Å². The van der Waals surface area contributed by atoms with Gasteiger partial charge in [-0.15, -0.1) is 0 Å². The predicted octanol–water partition coefficient (Wildman–Crippen LogP) is 13.1. The molecule has 254 valence electrons. The molecular formula is C45H74. The molecule has 0 aromatic carbocycles. The molecule has 9 aliphatic rings. The highest BCUT2D eigenvalue weighted by Crippen LogP contribution is 2.65. The third kappa shape index (κ3) is 5.48.